The van der Waals surface area contributed by atoms with Crippen LogP contribution in [0.2, 0.25) is 0 Å². The molecular formula is C14H12N6O. The lowest BCUT2D eigenvalue weighted by molar-refractivity contribution is 0.380. The van der Waals surface area contributed by atoms with E-state index >= 15 is 0 Å². The van der Waals surface area contributed by atoms with Crippen LogP contribution in [0.5, 0.6) is 6.01 Å². The van der Waals surface area contributed by atoms with E-state index in [0.717, 1.165) is 33.6 Å². The lowest BCUT2D eigenvalue weighted by atomic mass is 10.2. The van der Waals surface area contributed by atoms with Crippen molar-refractivity contribution in [2.45, 2.75) is 6.92 Å². The molecule has 0 bridgehead atoms. The maximum atomic E-state index is 4.98. The van der Waals surface area contributed by atoms with E-state index < -0.39 is 0 Å². The van der Waals surface area contributed by atoms with E-state index in [4.69, 9.17) is 4.74 Å². The average molecular weight is 280 g/mol. The second kappa shape index (κ2) is 4.27. The summed E-state index contributed by atoms with van der Waals surface area (Å²) in [5, 5.41) is 0. The Morgan fingerprint density at radius 2 is 2.00 bits per heavy atom. The van der Waals surface area contributed by atoms with Crippen molar-refractivity contribution in [1.82, 2.24) is 29.3 Å². The summed E-state index contributed by atoms with van der Waals surface area (Å²) in [4.78, 5) is 20.5. The fraction of sp³-hybridized carbons (Fsp3) is 0.143. The number of H-pyrrole nitrogens is 1. The minimum atomic E-state index is 0.338. The van der Waals surface area contributed by atoms with E-state index in [1.165, 1.54) is 7.11 Å². The minimum absolute atomic E-state index is 0.338. The first-order chi connectivity index (χ1) is 10.3. The van der Waals surface area contributed by atoms with E-state index in [1.807, 2.05) is 23.6 Å². The molecular weight excluding hydrogens is 268 g/mol. The van der Waals surface area contributed by atoms with Gasteiger partial charge in [0, 0.05) is 24.2 Å². The number of nitrogens with zero attached hydrogens (tertiary/aromatic N) is 5. The smallest absolute Gasteiger partial charge is 0.316 e. The van der Waals surface area contributed by atoms with E-state index in [-0.39, 0.29) is 0 Å². The largest absolute Gasteiger partial charge is 0.467 e. The number of nitrogens with one attached hydrogen (secondary N) is 1. The Balaban J connectivity index is 2.00. The molecule has 104 valence electrons. The standard InChI is InChI=1S/C14H12N6O/c1-8-12-11(9-5-16-14(21-2)17-6-9)18-7-20(12)10-3-4-15-13(10)19-8/h3-7,15H,1-2H3. The highest BCUT2D eigenvalue weighted by atomic mass is 16.5. The van der Waals surface area contributed by atoms with Crippen LogP contribution in [-0.4, -0.2) is 36.4 Å². The van der Waals surface area contributed by atoms with Gasteiger partial charge in [-0.15, -0.1) is 0 Å². The molecule has 0 fully saturated rings. The summed E-state index contributed by atoms with van der Waals surface area (Å²) < 4.78 is 7.00. The van der Waals surface area contributed by atoms with Crippen molar-refractivity contribution in [1.29, 1.82) is 0 Å². The van der Waals surface area contributed by atoms with Gasteiger partial charge in [0.25, 0.3) is 0 Å². The molecule has 0 aromatic carbocycles. The van der Waals surface area contributed by atoms with Gasteiger partial charge >= 0.3 is 6.01 Å². The molecule has 4 aromatic rings. The zero-order chi connectivity index (χ0) is 14.4. The number of fused-ring (bicyclic) bond motifs is 3. The van der Waals surface area contributed by atoms with Gasteiger partial charge in [0.1, 0.15) is 12.0 Å². The second-order valence-electron chi connectivity index (χ2n) is 4.68. The number of aryl methyl sites for hydroxylation is 1. The third-order valence-electron chi connectivity index (χ3n) is 3.44. The normalized spacial score (nSPS) is 11.3. The van der Waals surface area contributed by atoms with E-state index in [2.05, 4.69) is 24.9 Å². The summed E-state index contributed by atoms with van der Waals surface area (Å²) in [7, 11) is 1.54. The number of ether oxygens (including phenoxy) is 1. The predicted octanol–water partition coefficient (Wildman–Crippen LogP) is 1.98. The zero-order valence-corrected chi connectivity index (χ0v) is 11.5. The van der Waals surface area contributed by atoms with Gasteiger partial charge in [-0.05, 0) is 13.0 Å². The summed E-state index contributed by atoms with van der Waals surface area (Å²) in [5.41, 5.74) is 5.33. The van der Waals surface area contributed by atoms with Crippen LogP contribution in [0.1, 0.15) is 5.69 Å². The van der Waals surface area contributed by atoms with Crippen molar-refractivity contribution < 1.29 is 4.74 Å². The van der Waals surface area contributed by atoms with E-state index in [1.54, 1.807) is 18.7 Å². The molecule has 0 amide bonds. The van der Waals surface area contributed by atoms with Crippen molar-refractivity contribution in [3.8, 4) is 17.3 Å². The Morgan fingerprint density at radius 3 is 2.76 bits per heavy atom. The highest BCUT2D eigenvalue weighted by Gasteiger charge is 2.14. The third-order valence-corrected chi connectivity index (χ3v) is 3.44. The number of rotatable bonds is 2. The molecule has 0 aliphatic rings. The highest BCUT2D eigenvalue weighted by molar-refractivity contribution is 5.85. The summed E-state index contributed by atoms with van der Waals surface area (Å²) >= 11 is 0. The van der Waals surface area contributed by atoms with Crippen LogP contribution in [0.25, 0.3) is 27.9 Å². The fourth-order valence-corrected chi connectivity index (χ4v) is 2.49. The number of hydrogen-bond donors (Lipinski definition) is 1. The topological polar surface area (TPSA) is 81.0 Å². The van der Waals surface area contributed by atoms with Gasteiger partial charge in [-0.3, -0.25) is 4.40 Å². The molecule has 1 N–H and O–H groups in total. The molecule has 4 rings (SSSR count). The number of hydrogen-bond acceptors (Lipinski definition) is 5. The Bertz CT molecular complexity index is 937. The number of aromatic amines is 1. The fourth-order valence-electron chi connectivity index (χ4n) is 2.49. The lowest BCUT2D eigenvalue weighted by Gasteiger charge is -2.03. The molecule has 7 nitrogen and oxygen atoms in total. The van der Waals surface area contributed by atoms with Crippen LogP contribution in [-0.2, 0) is 0 Å². The van der Waals surface area contributed by atoms with Crippen molar-refractivity contribution >= 4 is 16.7 Å². The Kier molecular flexibility index (Phi) is 2.41. The van der Waals surface area contributed by atoms with Gasteiger partial charge in [0.2, 0.25) is 0 Å². The lowest BCUT2D eigenvalue weighted by Crippen LogP contribution is -1.95. The van der Waals surface area contributed by atoms with Gasteiger partial charge < -0.3 is 9.72 Å². The van der Waals surface area contributed by atoms with Crippen LogP contribution in [0, 0.1) is 6.92 Å². The molecule has 7 heteroatoms. The molecule has 0 saturated heterocycles. The maximum Gasteiger partial charge on any atom is 0.316 e. The molecule has 0 aliphatic carbocycles. The zero-order valence-electron chi connectivity index (χ0n) is 11.5. The first-order valence-corrected chi connectivity index (χ1v) is 6.45. The highest BCUT2D eigenvalue weighted by Crippen LogP contribution is 2.27. The quantitative estimate of drug-likeness (QED) is 0.607. The van der Waals surface area contributed by atoms with Crippen molar-refractivity contribution in [2.75, 3.05) is 7.11 Å². The number of aromatic nitrogens is 6. The first-order valence-electron chi connectivity index (χ1n) is 6.45. The van der Waals surface area contributed by atoms with Gasteiger partial charge in [-0.25, -0.2) is 19.9 Å². The molecule has 0 atom stereocenters. The van der Waals surface area contributed by atoms with Crippen LogP contribution in [0.15, 0.2) is 31.0 Å². The van der Waals surface area contributed by atoms with Crippen LogP contribution < -0.4 is 4.74 Å². The molecule has 4 heterocycles. The summed E-state index contributed by atoms with van der Waals surface area (Å²) in [5.74, 6) is 0. The van der Waals surface area contributed by atoms with E-state index in [0.29, 0.717) is 6.01 Å². The van der Waals surface area contributed by atoms with Crippen molar-refractivity contribution in [3.05, 3.63) is 36.7 Å². The molecule has 0 unspecified atom stereocenters. The molecule has 21 heavy (non-hydrogen) atoms. The Labute approximate surface area is 119 Å². The van der Waals surface area contributed by atoms with Crippen molar-refractivity contribution in [3.63, 3.8) is 0 Å². The third kappa shape index (κ3) is 1.67. The van der Waals surface area contributed by atoms with Crippen LogP contribution in [0.3, 0.4) is 0 Å². The van der Waals surface area contributed by atoms with Crippen LogP contribution in [0.4, 0.5) is 0 Å². The minimum Gasteiger partial charge on any atom is -0.467 e. The molecule has 0 saturated carbocycles. The SMILES string of the molecule is COc1ncc(-c2ncn3c2c(C)nc2[nH]ccc23)cn1. The van der Waals surface area contributed by atoms with Gasteiger partial charge in [-0.1, -0.05) is 0 Å². The maximum absolute atomic E-state index is 4.98. The monoisotopic (exact) mass is 280 g/mol. The molecule has 0 spiro atoms. The average Bonchev–Trinajstić information content (AvgIpc) is 3.13. The molecule has 4 aromatic heterocycles. The van der Waals surface area contributed by atoms with Gasteiger partial charge in [0.05, 0.1) is 23.8 Å². The second-order valence-corrected chi connectivity index (χ2v) is 4.68. The molecule has 0 aliphatic heterocycles. The van der Waals surface area contributed by atoms with Crippen molar-refractivity contribution in [2.24, 2.45) is 0 Å². The summed E-state index contributed by atoms with van der Waals surface area (Å²) in [6.45, 7) is 1.96. The van der Waals surface area contributed by atoms with Gasteiger partial charge in [0.15, 0.2) is 5.65 Å². The van der Waals surface area contributed by atoms with E-state index in [9.17, 15) is 0 Å². The number of imidazole rings is 1. The summed E-state index contributed by atoms with van der Waals surface area (Å²) in [6, 6.07) is 2.32. The Hall–Kier alpha value is -2.96. The van der Waals surface area contributed by atoms with Gasteiger partial charge in [-0.2, -0.15) is 0 Å². The van der Waals surface area contributed by atoms with Crippen LogP contribution >= 0.6 is 0 Å². The molecule has 0 radical (unpaired) electrons. The summed E-state index contributed by atoms with van der Waals surface area (Å²) in [6.07, 6.45) is 7.07. The number of methoxy groups -OCH3 is 1. The first kappa shape index (κ1) is 11.8. The Morgan fingerprint density at radius 1 is 1.19 bits per heavy atom. The predicted molar refractivity (Wildman–Crippen MR) is 77.2 cm³/mol.